The van der Waals surface area contributed by atoms with Crippen molar-refractivity contribution >= 4 is 45.5 Å². The summed E-state index contributed by atoms with van der Waals surface area (Å²) in [5, 5.41) is 5.31. The number of hydrogen-bond donors (Lipinski definition) is 2. The monoisotopic (exact) mass is 407 g/mol. The summed E-state index contributed by atoms with van der Waals surface area (Å²) in [6, 6.07) is 14.0. The van der Waals surface area contributed by atoms with Gasteiger partial charge in [-0.2, -0.15) is 5.10 Å². The number of ether oxygens (including phenoxy) is 1. The Morgan fingerprint density at radius 3 is 2.86 bits per heavy atom. The number of pyridine rings is 1. The molecule has 0 unspecified atom stereocenters. The second kappa shape index (κ2) is 7.69. The Hall–Kier alpha value is -3.78. The van der Waals surface area contributed by atoms with Gasteiger partial charge in [-0.1, -0.05) is 35.9 Å². The summed E-state index contributed by atoms with van der Waals surface area (Å²) >= 11 is 6.22. The molecule has 0 fully saturated rings. The van der Waals surface area contributed by atoms with Gasteiger partial charge in [-0.25, -0.2) is 15.4 Å². The first kappa shape index (κ1) is 18.6. The Kier molecular flexibility index (Phi) is 4.92. The van der Waals surface area contributed by atoms with Crippen LogP contribution in [0.25, 0.3) is 21.8 Å². The van der Waals surface area contributed by atoms with E-state index in [0.29, 0.717) is 27.7 Å². The van der Waals surface area contributed by atoms with Crippen LogP contribution in [-0.4, -0.2) is 34.2 Å². The van der Waals surface area contributed by atoms with Crippen molar-refractivity contribution in [3.63, 3.8) is 0 Å². The second-order valence-electron chi connectivity index (χ2n) is 6.03. The molecule has 2 N–H and O–H groups in total. The van der Waals surface area contributed by atoms with E-state index in [1.807, 2.05) is 12.1 Å². The molecule has 0 saturated carbocycles. The van der Waals surface area contributed by atoms with E-state index in [9.17, 15) is 9.59 Å². The number of benzene rings is 2. The Morgan fingerprint density at radius 1 is 1.21 bits per heavy atom. The zero-order valence-corrected chi connectivity index (χ0v) is 15.9. The average Bonchev–Trinajstić information content (AvgIpc) is 2.73. The first-order valence-corrected chi connectivity index (χ1v) is 8.90. The summed E-state index contributed by atoms with van der Waals surface area (Å²) in [4.78, 5) is 35.3. The van der Waals surface area contributed by atoms with E-state index in [-0.39, 0.29) is 11.0 Å². The molecule has 2 aromatic heterocycles. The Morgan fingerprint density at radius 2 is 2.03 bits per heavy atom. The fourth-order valence-corrected chi connectivity index (χ4v) is 3.02. The van der Waals surface area contributed by atoms with Crippen LogP contribution in [0, 0.1) is 0 Å². The van der Waals surface area contributed by atoms with Crippen molar-refractivity contribution in [2.24, 2.45) is 5.10 Å². The summed E-state index contributed by atoms with van der Waals surface area (Å²) in [6.07, 6.45) is 1.37. The fourth-order valence-electron chi connectivity index (χ4n) is 2.83. The standard InChI is InChI=1S/C20H14ClN5O3/c1-29-15-8-4-5-11-9-12(17(21)24-16(11)15)10-22-26-20(28)18-23-14-7-3-2-6-13(14)19(27)25-18/h2-10H,1H3,(H,26,28)(H,23,25,27). The van der Waals surface area contributed by atoms with Gasteiger partial charge in [0.25, 0.3) is 5.56 Å². The smallest absolute Gasteiger partial charge is 0.307 e. The molecule has 4 aromatic rings. The highest BCUT2D eigenvalue weighted by molar-refractivity contribution is 6.32. The van der Waals surface area contributed by atoms with Crippen LogP contribution in [0.2, 0.25) is 5.15 Å². The van der Waals surface area contributed by atoms with Gasteiger partial charge in [0.15, 0.2) is 0 Å². The minimum Gasteiger partial charge on any atom is -0.494 e. The highest BCUT2D eigenvalue weighted by Gasteiger charge is 2.11. The number of nitrogens with zero attached hydrogens (tertiary/aromatic N) is 3. The molecule has 1 amide bonds. The van der Waals surface area contributed by atoms with Crippen molar-refractivity contribution < 1.29 is 9.53 Å². The summed E-state index contributed by atoms with van der Waals surface area (Å²) < 4.78 is 5.28. The topological polar surface area (TPSA) is 109 Å². The van der Waals surface area contributed by atoms with Gasteiger partial charge in [-0.3, -0.25) is 9.59 Å². The van der Waals surface area contributed by atoms with E-state index in [0.717, 1.165) is 5.39 Å². The summed E-state index contributed by atoms with van der Waals surface area (Å²) in [5.74, 6) is -0.193. The number of fused-ring (bicyclic) bond motifs is 2. The van der Waals surface area contributed by atoms with Crippen molar-refractivity contribution in [2.45, 2.75) is 0 Å². The van der Waals surface area contributed by atoms with E-state index < -0.39 is 11.5 Å². The maximum Gasteiger partial charge on any atom is 0.307 e. The number of aromatic nitrogens is 3. The number of hydrogen-bond acceptors (Lipinski definition) is 6. The Labute approximate surface area is 169 Å². The van der Waals surface area contributed by atoms with Gasteiger partial charge in [0.2, 0.25) is 5.82 Å². The quantitative estimate of drug-likeness (QED) is 0.307. The number of halogens is 1. The Bertz CT molecular complexity index is 1330. The van der Waals surface area contributed by atoms with Gasteiger partial charge in [0.1, 0.15) is 16.4 Å². The molecule has 4 rings (SSSR count). The largest absolute Gasteiger partial charge is 0.494 e. The molecule has 0 aliphatic carbocycles. The van der Waals surface area contributed by atoms with Crippen LogP contribution in [0.3, 0.4) is 0 Å². The normalized spacial score (nSPS) is 11.2. The van der Waals surface area contributed by atoms with Crippen LogP contribution in [0.5, 0.6) is 5.75 Å². The molecule has 0 radical (unpaired) electrons. The molecular weight excluding hydrogens is 394 g/mol. The number of carbonyl (C=O) groups excluding carboxylic acids is 1. The zero-order chi connectivity index (χ0) is 20.4. The highest BCUT2D eigenvalue weighted by atomic mass is 35.5. The number of amides is 1. The molecule has 0 aliphatic rings. The molecular formula is C20H14ClN5O3. The van der Waals surface area contributed by atoms with E-state index in [1.165, 1.54) is 6.21 Å². The number of nitrogens with one attached hydrogen (secondary N) is 2. The lowest BCUT2D eigenvalue weighted by Crippen LogP contribution is -2.24. The van der Waals surface area contributed by atoms with Crippen molar-refractivity contribution in [1.82, 2.24) is 20.4 Å². The SMILES string of the molecule is COc1cccc2cc(C=NNC(=O)c3nc4ccccc4c(=O)[nH]3)c(Cl)nc12. The molecule has 2 heterocycles. The molecule has 0 saturated heterocycles. The number of hydrazone groups is 1. The van der Waals surface area contributed by atoms with Crippen LogP contribution < -0.4 is 15.7 Å². The molecule has 0 aliphatic heterocycles. The van der Waals surface area contributed by atoms with Crippen LogP contribution in [0.15, 0.2) is 58.4 Å². The van der Waals surface area contributed by atoms with Crippen LogP contribution in [0.4, 0.5) is 0 Å². The van der Waals surface area contributed by atoms with Gasteiger partial charge in [0, 0.05) is 10.9 Å². The second-order valence-corrected chi connectivity index (χ2v) is 6.39. The molecule has 0 atom stereocenters. The van der Waals surface area contributed by atoms with Gasteiger partial charge >= 0.3 is 5.91 Å². The maximum atomic E-state index is 12.3. The van der Waals surface area contributed by atoms with Crippen molar-refractivity contribution in [3.8, 4) is 5.75 Å². The van der Waals surface area contributed by atoms with Gasteiger partial charge < -0.3 is 9.72 Å². The number of carbonyl (C=O) groups is 1. The van der Waals surface area contributed by atoms with E-state index in [2.05, 4.69) is 25.5 Å². The van der Waals surface area contributed by atoms with Crippen molar-refractivity contribution in [1.29, 1.82) is 0 Å². The number of H-pyrrole nitrogens is 1. The zero-order valence-electron chi connectivity index (χ0n) is 15.1. The predicted octanol–water partition coefficient (Wildman–Crippen LogP) is 2.90. The van der Waals surface area contributed by atoms with E-state index in [4.69, 9.17) is 16.3 Å². The third kappa shape index (κ3) is 3.65. The predicted molar refractivity (Wildman–Crippen MR) is 111 cm³/mol. The van der Waals surface area contributed by atoms with Gasteiger partial charge in [-0.05, 0) is 24.3 Å². The van der Waals surface area contributed by atoms with Gasteiger partial charge in [-0.15, -0.1) is 0 Å². The minimum absolute atomic E-state index is 0.140. The number of rotatable bonds is 4. The maximum absolute atomic E-state index is 12.3. The fraction of sp³-hybridized carbons (Fsp3) is 0.0500. The lowest BCUT2D eigenvalue weighted by Gasteiger charge is -2.06. The van der Waals surface area contributed by atoms with Gasteiger partial charge in [0.05, 0.1) is 24.2 Å². The van der Waals surface area contributed by atoms with E-state index in [1.54, 1.807) is 43.5 Å². The molecule has 29 heavy (non-hydrogen) atoms. The summed E-state index contributed by atoms with van der Waals surface area (Å²) in [6.45, 7) is 0. The number of aromatic amines is 1. The van der Waals surface area contributed by atoms with Crippen molar-refractivity contribution in [2.75, 3.05) is 7.11 Å². The molecule has 0 bridgehead atoms. The van der Waals surface area contributed by atoms with Crippen LogP contribution in [0.1, 0.15) is 16.2 Å². The summed E-state index contributed by atoms with van der Waals surface area (Å²) in [5.41, 5.74) is 3.47. The third-order valence-electron chi connectivity index (χ3n) is 4.21. The van der Waals surface area contributed by atoms with Crippen LogP contribution in [-0.2, 0) is 0 Å². The van der Waals surface area contributed by atoms with Crippen LogP contribution >= 0.6 is 11.6 Å². The van der Waals surface area contributed by atoms with Crippen molar-refractivity contribution in [3.05, 3.63) is 75.4 Å². The molecule has 0 spiro atoms. The first-order valence-electron chi connectivity index (χ1n) is 8.52. The third-order valence-corrected chi connectivity index (χ3v) is 4.51. The summed E-state index contributed by atoms with van der Waals surface area (Å²) in [7, 11) is 1.56. The minimum atomic E-state index is -0.657. The molecule has 144 valence electrons. The lowest BCUT2D eigenvalue weighted by molar-refractivity contribution is 0.0945. The highest BCUT2D eigenvalue weighted by Crippen LogP contribution is 2.26. The number of para-hydroxylation sites is 2. The van der Waals surface area contributed by atoms with E-state index >= 15 is 0 Å². The number of methoxy groups -OCH3 is 1. The average molecular weight is 408 g/mol. The lowest BCUT2D eigenvalue weighted by atomic mass is 10.1. The Balaban J connectivity index is 1.58. The molecule has 8 nitrogen and oxygen atoms in total. The molecule has 9 heteroatoms. The molecule has 2 aromatic carbocycles. The first-order chi connectivity index (χ1) is 14.1.